The minimum Gasteiger partial charge on any atom is -0.405 e. The number of benzene rings is 1. The molecule has 0 aliphatic rings. The summed E-state index contributed by atoms with van der Waals surface area (Å²) in [6.07, 6.45) is -3.34. The molecule has 0 amide bonds. The maximum absolute atomic E-state index is 12.4. The van der Waals surface area contributed by atoms with Gasteiger partial charge in [-0.05, 0) is 42.8 Å². The zero-order valence-corrected chi connectivity index (χ0v) is 13.0. The van der Waals surface area contributed by atoms with E-state index in [1.165, 1.54) is 12.1 Å². The smallest absolute Gasteiger partial charge is 0.405 e. The normalized spacial score (nSPS) is 11.3. The molecule has 0 aliphatic heterocycles. The van der Waals surface area contributed by atoms with E-state index in [1.54, 1.807) is 25.3 Å². The molecule has 2 aromatic rings. The largest absolute Gasteiger partial charge is 0.573 e. The molecule has 1 aromatic heterocycles. The van der Waals surface area contributed by atoms with Crippen molar-refractivity contribution >= 4 is 21.7 Å². The van der Waals surface area contributed by atoms with Crippen LogP contribution in [0.25, 0.3) is 0 Å². The first-order valence-electron chi connectivity index (χ1n) is 6.24. The standard InChI is InChI=1S/C15H11BrF3NO2/c1-9-6-10(4-5-20-9)7-13(21)12-8-11(16)2-3-14(12)22-15(17,18)19/h2-6,8H,7H2,1H3. The Balaban J connectivity index is 2.30. The second kappa shape index (κ2) is 6.48. The molecule has 0 fully saturated rings. The zero-order chi connectivity index (χ0) is 16.3. The van der Waals surface area contributed by atoms with E-state index >= 15 is 0 Å². The van der Waals surface area contributed by atoms with Gasteiger partial charge in [0.1, 0.15) is 5.75 Å². The Morgan fingerprint density at radius 3 is 2.64 bits per heavy atom. The lowest BCUT2D eigenvalue weighted by Crippen LogP contribution is -2.19. The number of hydrogen-bond acceptors (Lipinski definition) is 3. The number of pyridine rings is 1. The summed E-state index contributed by atoms with van der Waals surface area (Å²) in [5, 5.41) is 0. The van der Waals surface area contributed by atoms with Crippen LogP contribution in [-0.4, -0.2) is 17.1 Å². The Kier molecular flexibility index (Phi) is 4.85. The van der Waals surface area contributed by atoms with Crippen LogP contribution in [0.5, 0.6) is 5.75 Å². The van der Waals surface area contributed by atoms with Crippen molar-refractivity contribution in [1.29, 1.82) is 0 Å². The Labute approximate surface area is 133 Å². The number of carbonyl (C=O) groups excluding carboxylic acids is 1. The number of ketones is 1. The lowest BCUT2D eigenvalue weighted by atomic mass is 10.0. The molecular formula is C15H11BrF3NO2. The van der Waals surface area contributed by atoms with Crippen LogP contribution in [0.1, 0.15) is 21.6 Å². The SMILES string of the molecule is Cc1cc(CC(=O)c2cc(Br)ccc2OC(F)(F)F)ccn1. The third-order valence-electron chi connectivity index (χ3n) is 2.79. The van der Waals surface area contributed by atoms with Crippen molar-refractivity contribution in [2.75, 3.05) is 0 Å². The lowest BCUT2D eigenvalue weighted by Gasteiger charge is -2.13. The fourth-order valence-electron chi connectivity index (χ4n) is 1.93. The molecule has 22 heavy (non-hydrogen) atoms. The topological polar surface area (TPSA) is 39.2 Å². The lowest BCUT2D eigenvalue weighted by molar-refractivity contribution is -0.274. The number of halogens is 4. The Bertz CT molecular complexity index is 701. The highest BCUT2D eigenvalue weighted by Crippen LogP contribution is 2.29. The number of rotatable bonds is 4. The number of Topliss-reactive ketones (excluding diaryl/α,β-unsaturated/α-hetero) is 1. The minimum absolute atomic E-state index is 0.0337. The van der Waals surface area contributed by atoms with E-state index in [0.29, 0.717) is 10.0 Å². The zero-order valence-electron chi connectivity index (χ0n) is 11.4. The second-order valence-electron chi connectivity index (χ2n) is 4.59. The molecule has 0 aliphatic carbocycles. The van der Waals surface area contributed by atoms with Gasteiger partial charge in [0.05, 0.1) is 5.56 Å². The molecule has 1 heterocycles. The van der Waals surface area contributed by atoms with Gasteiger partial charge in [-0.1, -0.05) is 15.9 Å². The number of nitrogens with zero attached hydrogens (tertiary/aromatic N) is 1. The molecule has 116 valence electrons. The van der Waals surface area contributed by atoms with Crippen molar-refractivity contribution in [2.45, 2.75) is 19.7 Å². The van der Waals surface area contributed by atoms with Gasteiger partial charge in [0.25, 0.3) is 0 Å². The van der Waals surface area contributed by atoms with E-state index < -0.39 is 17.9 Å². The molecule has 0 saturated heterocycles. The number of carbonyl (C=O) groups is 1. The van der Waals surface area contributed by atoms with E-state index in [2.05, 4.69) is 25.7 Å². The van der Waals surface area contributed by atoms with Crippen molar-refractivity contribution in [3.05, 3.63) is 57.8 Å². The summed E-state index contributed by atoms with van der Waals surface area (Å²) in [4.78, 5) is 16.3. The highest BCUT2D eigenvalue weighted by molar-refractivity contribution is 9.10. The van der Waals surface area contributed by atoms with Crippen LogP contribution in [-0.2, 0) is 6.42 Å². The molecule has 2 rings (SSSR count). The van der Waals surface area contributed by atoms with Crippen molar-refractivity contribution < 1.29 is 22.7 Å². The highest BCUT2D eigenvalue weighted by atomic mass is 79.9. The molecule has 0 saturated carbocycles. The van der Waals surface area contributed by atoms with E-state index in [4.69, 9.17) is 0 Å². The van der Waals surface area contributed by atoms with Crippen LogP contribution in [0, 0.1) is 6.92 Å². The second-order valence-corrected chi connectivity index (χ2v) is 5.51. The number of alkyl halides is 3. The van der Waals surface area contributed by atoms with E-state index in [1.807, 2.05) is 0 Å². The minimum atomic E-state index is -4.85. The Morgan fingerprint density at radius 1 is 1.27 bits per heavy atom. The van der Waals surface area contributed by atoms with Gasteiger partial charge in [0.2, 0.25) is 0 Å². The van der Waals surface area contributed by atoms with E-state index in [9.17, 15) is 18.0 Å². The van der Waals surface area contributed by atoms with Gasteiger partial charge in [0, 0.05) is 22.8 Å². The van der Waals surface area contributed by atoms with E-state index in [0.717, 1.165) is 11.8 Å². The molecule has 1 aromatic carbocycles. The van der Waals surface area contributed by atoms with Gasteiger partial charge >= 0.3 is 6.36 Å². The summed E-state index contributed by atoms with van der Waals surface area (Å²) in [7, 11) is 0. The molecule has 0 bridgehead atoms. The first kappa shape index (κ1) is 16.5. The monoisotopic (exact) mass is 373 g/mol. The van der Waals surface area contributed by atoms with Gasteiger partial charge in [-0.25, -0.2) is 0 Å². The van der Waals surface area contributed by atoms with Crippen molar-refractivity contribution in [1.82, 2.24) is 4.98 Å². The number of aryl methyl sites for hydroxylation is 1. The first-order chi connectivity index (χ1) is 10.2. The van der Waals surface area contributed by atoms with Crippen molar-refractivity contribution in [3.8, 4) is 5.75 Å². The van der Waals surface area contributed by atoms with Crippen LogP contribution in [0.4, 0.5) is 13.2 Å². The summed E-state index contributed by atoms with van der Waals surface area (Å²) in [6.45, 7) is 1.77. The maximum atomic E-state index is 12.4. The molecule has 0 radical (unpaired) electrons. The average Bonchev–Trinajstić information content (AvgIpc) is 2.39. The summed E-state index contributed by atoms with van der Waals surface area (Å²) in [5.74, 6) is -0.974. The van der Waals surface area contributed by atoms with Gasteiger partial charge in [-0.15, -0.1) is 13.2 Å². The number of ether oxygens (including phenoxy) is 1. The summed E-state index contributed by atoms with van der Waals surface area (Å²) >= 11 is 3.14. The van der Waals surface area contributed by atoms with Crippen molar-refractivity contribution in [2.24, 2.45) is 0 Å². The Hall–Kier alpha value is -1.89. The van der Waals surface area contributed by atoms with Gasteiger partial charge < -0.3 is 4.74 Å². The average molecular weight is 374 g/mol. The highest BCUT2D eigenvalue weighted by Gasteiger charge is 2.33. The van der Waals surface area contributed by atoms with Crippen LogP contribution >= 0.6 is 15.9 Å². The van der Waals surface area contributed by atoms with Gasteiger partial charge in [0.15, 0.2) is 5.78 Å². The van der Waals surface area contributed by atoms with Gasteiger partial charge in [-0.2, -0.15) is 0 Å². The fourth-order valence-corrected chi connectivity index (χ4v) is 2.29. The molecule has 0 N–H and O–H groups in total. The molecule has 0 atom stereocenters. The maximum Gasteiger partial charge on any atom is 0.573 e. The predicted molar refractivity (Wildman–Crippen MR) is 77.8 cm³/mol. The first-order valence-corrected chi connectivity index (χ1v) is 7.04. The molecule has 3 nitrogen and oxygen atoms in total. The molecule has 7 heteroatoms. The van der Waals surface area contributed by atoms with Gasteiger partial charge in [-0.3, -0.25) is 9.78 Å². The molecule has 0 spiro atoms. The number of hydrogen-bond donors (Lipinski definition) is 0. The van der Waals surface area contributed by atoms with Crippen LogP contribution < -0.4 is 4.74 Å². The number of aromatic nitrogens is 1. The van der Waals surface area contributed by atoms with Crippen LogP contribution in [0.2, 0.25) is 0 Å². The quantitative estimate of drug-likeness (QED) is 0.741. The third kappa shape index (κ3) is 4.56. The van der Waals surface area contributed by atoms with E-state index in [-0.39, 0.29) is 12.0 Å². The predicted octanol–water partition coefficient (Wildman–Crippen LogP) is 4.48. The van der Waals surface area contributed by atoms with Crippen LogP contribution in [0.15, 0.2) is 41.0 Å². The Morgan fingerprint density at radius 2 is 2.00 bits per heavy atom. The summed E-state index contributed by atoms with van der Waals surface area (Å²) in [6, 6.07) is 7.17. The van der Waals surface area contributed by atoms with Crippen molar-refractivity contribution in [3.63, 3.8) is 0 Å². The fraction of sp³-hybridized carbons (Fsp3) is 0.200. The summed E-state index contributed by atoms with van der Waals surface area (Å²) in [5.41, 5.74) is 1.28. The molecule has 0 unspecified atom stereocenters. The third-order valence-corrected chi connectivity index (χ3v) is 3.29. The molecular weight excluding hydrogens is 363 g/mol. The summed E-state index contributed by atoms with van der Waals surface area (Å²) < 4.78 is 41.6. The van der Waals surface area contributed by atoms with Crippen LogP contribution in [0.3, 0.4) is 0 Å².